The van der Waals surface area contributed by atoms with E-state index in [1.165, 1.54) is 17.0 Å². The largest absolute Gasteiger partial charge is 0.269 e. The number of benzene rings is 3. The second kappa shape index (κ2) is 7.16. The van der Waals surface area contributed by atoms with Crippen LogP contribution in [0.1, 0.15) is 27.0 Å². The van der Waals surface area contributed by atoms with Crippen LogP contribution in [0, 0.1) is 17.0 Å². The third-order valence-electron chi connectivity index (χ3n) is 4.76. The quantitative estimate of drug-likeness (QED) is 0.285. The summed E-state index contributed by atoms with van der Waals surface area (Å²) >= 11 is 0. The van der Waals surface area contributed by atoms with Gasteiger partial charge in [-0.2, -0.15) is 0 Å². The number of anilines is 1. The lowest BCUT2D eigenvalue weighted by Crippen LogP contribution is -2.41. The summed E-state index contributed by atoms with van der Waals surface area (Å²) in [5.74, 6) is -0.810. The number of amides is 2. The average molecular weight is 384 g/mol. The Morgan fingerprint density at radius 3 is 2.21 bits per heavy atom. The van der Waals surface area contributed by atoms with E-state index in [0.29, 0.717) is 28.0 Å². The number of fused-ring (bicyclic) bond motifs is 1. The monoisotopic (exact) mass is 384 g/mol. The van der Waals surface area contributed by atoms with Gasteiger partial charge in [0.05, 0.1) is 10.6 Å². The summed E-state index contributed by atoms with van der Waals surface area (Å²) in [6.07, 6.45) is 1.65. The first-order valence-corrected chi connectivity index (χ1v) is 8.97. The fraction of sp³-hybridized carbons (Fsp3) is 0.0435. The molecule has 1 aliphatic rings. The Kier molecular flexibility index (Phi) is 4.52. The molecule has 0 radical (unpaired) electrons. The molecule has 3 aromatic carbocycles. The molecule has 1 heterocycles. The van der Waals surface area contributed by atoms with E-state index < -0.39 is 10.8 Å². The van der Waals surface area contributed by atoms with Crippen LogP contribution in [-0.4, -0.2) is 16.7 Å². The third kappa shape index (κ3) is 3.32. The number of carbonyl (C=O) groups excluding carboxylic acids is 2. The Labute approximate surface area is 166 Å². The zero-order chi connectivity index (χ0) is 20.5. The highest BCUT2D eigenvalue weighted by molar-refractivity contribution is 6.43. The molecule has 6 heteroatoms. The fourth-order valence-electron chi connectivity index (χ4n) is 3.35. The third-order valence-corrected chi connectivity index (χ3v) is 4.76. The number of hydrogen-bond donors (Lipinski definition) is 0. The lowest BCUT2D eigenvalue weighted by molar-refractivity contribution is -0.384. The van der Waals surface area contributed by atoms with Crippen molar-refractivity contribution < 1.29 is 14.5 Å². The number of nitrogens with zero attached hydrogens (tertiary/aromatic N) is 2. The molecule has 2 amide bonds. The predicted octanol–water partition coefficient (Wildman–Crippen LogP) is 4.63. The Bertz CT molecular complexity index is 1180. The maximum Gasteiger partial charge on any atom is 0.269 e. The highest BCUT2D eigenvalue weighted by atomic mass is 16.6. The summed E-state index contributed by atoms with van der Waals surface area (Å²) in [6.45, 7) is 1.89. The van der Waals surface area contributed by atoms with Gasteiger partial charge in [-0.1, -0.05) is 30.3 Å². The van der Waals surface area contributed by atoms with Gasteiger partial charge in [-0.15, -0.1) is 0 Å². The fourth-order valence-corrected chi connectivity index (χ4v) is 3.35. The molecule has 1 aliphatic heterocycles. The number of non-ortho nitro benzene ring substituents is 1. The highest BCUT2D eigenvalue weighted by Crippen LogP contribution is 2.33. The number of nitro groups is 1. The van der Waals surface area contributed by atoms with Crippen molar-refractivity contribution in [2.45, 2.75) is 6.92 Å². The van der Waals surface area contributed by atoms with Gasteiger partial charge in [0, 0.05) is 23.3 Å². The molecular weight excluding hydrogens is 368 g/mol. The van der Waals surface area contributed by atoms with Gasteiger partial charge >= 0.3 is 0 Å². The molecule has 142 valence electrons. The lowest BCUT2D eigenvalue weighted by Gasteiger charge is -2.29. The summed E-state index contributed by atoms with van der Waals surface area (Å²) in [7, 11) is 0. The first kappa shape index (κ1) is 18.3. The van der Waals surface area contributed by atoms with Crippen molar-refractivity contribution in [3.63, 3.8) is 0 Å². The van der Waals surface area contributed by atoms with Crippen molar-refractivity contribution >= 4 is 34.8 Å². The normalized spacial score (nSPS) is 14.8. The van der Waals surface area contributed by atoms with Gasteiger partial charge in [0.25, 0.3) is 17.5 Å². The van der Waals surface area contributed by atoms with Crippen molar-refractivity contribution in [3.8, 4) is 0 Å². The van der Waals surface area contributed by atoms with Crippen LogP contribution in [0.5, 0.6) is 0 Å². The molecule has 0 spiro atoms. The van der Waals surface area contributed by atoms with Crippen molar-refractivity contribution in [3.05, 3.63) is 105 Å². The van der Waals surface area contributed by atoms with Gasteiger partial charge in [-0.25, -0.2) is 4.90 Å². The molecule has 0 atom stereocenters. The maximum atomic E-state index is 13.3. The van der Waals surface area contributed by atoms with Crippen LogP contribution in [0.4, 0.5) is 11.4 Å². The second-order valence-corrected chi connectivity index (χ2v) is 6.74. The minimum atomic E-state index is -0.476. The highest BCUT2D eigenvalue weighted by Gasteiger charge is 2.35. The molecule has 0 saturated heterocycles. The van der Waals surface area contributed by atoms with Crippen LogP contribution < -0.4 is 4.90 Å². The van der Waals surface area contributed by atoms with Gasteiger partial charge in [0.1, 0.15) is 0 Å². The van der Waals surface area contributed by atoms with Gasteiger partial charge in [-0.05, 0) is 60.0 Å². The van der Waals surface area contributed by atoms with Crippen LogP contribution in [0.25, 0.3) is 11.6 Å². The number of hydrogen-bond acceptors (Lipinski definition) is 4. The van der Waals surface area contributed by atoms with Gasteiger partial charge in [0.15, 0.2) is 0 Å². The molecule has 0 unspecified atom stereocenters. The molecular formula is C23H16N2O4. The Morgan fingerprint density at radius 2 is 1.55 bits per heavy atom. The Balaban J connectivity index is 1.86. The summed E-state index contributed by atoms with van der Waals surface area (Å²) < 4.78 is 0. The molecule has 3 aromatic rings. The van der Waals surface area contributed by atoms with E-state index in [1.807, 2.05) is 13.0 Å². The number of carbonyl (C=O) groups is 2. The van der Waals surface area contributed by atoms with E-state index in [2.05, 4.69) is 0 Å². The van der Waals surface area contributed by atoms with Crippen LogP contribution in [0.15, 0.2) is 72.8 Å². The molecule has 0 aliphatic carbocycles. The number of nitro benzene ring substituents is 1. The molecule has 0 fully saturated rings. The molecule has 0 N–H and O–H groups in total. The SMILES string of the molecule is Cc1cccc(N2C(=O)C(=Cc3ccc([N+](=O)[O-])cc3)c3ccccc3C2=O)c1. The van der Waals surface area contributed by atoms with E-state index in [1.54, 1.807) is 60.7 Å². The lowest BCUT2D eigenvalue weighted by atomic mass is 9.91. The van der Waals surface area contributed by atoms with Crippen molar-refractivity contribution in [1.82, 2.24) is 0 Å². The Morgan fingerprint density at radius 1 is 0.862 bits per heavy atom. The van der Waals surface area contributed by atoms with E-state index >= 15 is 0 Å². The van der Waals surface area contributed by atoms with Crippen LogP contribution in [0.3, 0.4) is 0 Å². The zero-order valence-corrected chi connectivity index (χ0v) is 15.5. The molecule has 0 saturated carbocycles. The number of imide groups is 1. The first-order valence-electron chi connectivity index (χ1n) is 8.97. The van der Waals surface area contributed by atoms with Gasteiger partial charge in [-0.3, -0.25) is 19.7 Å². The minimum Gasteiger partial charge on any atom is -0.268 e. The topological polar surface area (TPSA) is 80.5 Å². The number of aryl methyl sites for hydroxylation is 1. The summed E-state index contributed by atoms with van der Waals surface area (Å²) in [5, 5.41) is 10.9. The van der Waals surface area contributed by atoms with Crippen molar-refractivity contribution in [2.75, 3.05) is 4.90 Å². The average Bonchev–Trinajstić information content (AvgIpc) is 2.72. The van der Waals surface area contributed by atoms with Crippen molar-refractivity contribution in [1.29, 1.82) is 0 Å². The standard InChI is InChI=1S/C23H16N2O4/c1-15-5-4-6-18(13-15)24-22(26)20-8-3-2-7-19(20)21(23(24)27)14-16-9-11-17(12-10-16)25(28)29/h2-14H,1H3. The molecule has 6 nitrogen and oxygen atoms in total. The molecule has 29 heavy (non-hydrogen) atoms. The minimum absolute atomic E-state index is 0.0286. The molecule has 4 rings (SSSR count). The van der Waals surface area contributed by atoms with E-state index in [0.717, 1.165) is 5.56 Å². The van der Waals surface area contributed by atoms with E-state index in [9.17, 15) is 19.7 Å². The van der Waals surface area contributed by atoms with Gasteiger partial charge in [0.2, 0.25) is 0 Å². The summed E-state index contributed by atoms with van der Waals surface area (Å²) in [6, 6.07) is 20.1. The van der Waals surface area contributed by atoms with Crippen LogP contribution >= 0.6 is 0 Å². The van der Waals surface area contributed by atoms with E-state index in [4.69, 9.17) is 0 Å². The Hall–Kier alpha value is -4.06. The molecule has 0 aromatic heterocycles. The summed E-state index contributed by atoms with van der Waals surface area (Å²) in [5.41, 5.74) is 3.38. The van der Waals surface area contributed by atoms with E-state index in [-0.39, 0.29) is 11.6 Å². The smallest absolute Gasteiger partial charge is 0.268 e. The number of rotatable bonds is 3. The maximum absolute atomic E-state index is 13.3. The zero-order valence-electron chi connectivity index (χ0n) is 15.5. The molecule has 0 bridgehead atoms. The second-order valence-electron chi connectivity index (χ2n) is 6.74. The summed E-state index contributed by atoms with van der Waals surface area (Å²) in [4.78, 5) is 37.9. The van der Waals surface area contributed by atoms with Crippen LogP contribution in [-0.2, 0) is 4.79 Å². The van der Waals surface area contributed by atoms with Crippen LogP contribution in [0.2, 0.25) is 0 Å². The van der Waals surface area contributed by atoms with Gasteiger partial charge < -0.3 is 0 Å². The van der Waals surface area contributed by atoms with Crippen molar-refractivity contribution in [2.24, 2.45) is 0 Å². The predicted molar refractivity (Wildman–Crippen MR) is 110 cm³/mol. The first-order chi connectivity index (χ1) is 14.0.